The van der Waals surface area contributed by atoms with Gasteiger partial charge < -0.3 is 89.9 Å². The van der Waals surface area contributed by atoms with Gasteiger partial charge in [-0.1, -0.05) is 314 Å². The molecule has 19 heteroatoms. The average Bonchev–Trinajstić information content (AvgIpc) is 0.785. The number of hydrogen-bond donors (Lipinski definition) is 12. The molecule has 0 saturated carbocycles. The Balaban J connectivity index is 1.26. The normalized spacial score (nSPS) is 26.7. The fraction of sp³-hybridized carbons (Fsp3) is 0.912. The quantitative estimate of drug-likeness (QED) is 0.0199. The summed E-state index contributed by atoms with van der Waals surface area (Å²) in [4.78, 5) is 13.5. The highest BCUT2D eigenvalue weighted by Crippen LogP contribution is 2.33. The second-order valence-corrected chi connectivity index (χ2v) is 29.2. The van der Waals surface area contributed by atoms with Gasteiger partial charge in [-0.05, 0) is 51.4 Å². The van der Waals surface area contributed by atoms with Crippen LogP contribution in [0.3, 0.4) is 0 Å². The molecule has 19 nitrogen and oxygen atoms in total. The molecule has 3 fully saturated rings. The van der Waals surface area contributed by atoms with Gasteiger partial charge in [0, 0.05) is 6.42 Å². The van der Waals surface area contributed by atoms with Crippen molar-refractivity contribution in [2.45, 2.75) is 439 Å². The first-order valence-corrected chi connectivity index (χ1v) is 40.7. The van der Waals surface area contributed by atoms with Crippen LogP contribution in [0.1, 0.15) is 335 Å². The first-order chi connectivity index (χ1) is 48.3. The number of carbonyl (C=O) groups excluding carboxylic acids is 1. The van der Waals surface area contributed by atoms with Crippen molar-refractivity contribution >= 4 is 5.91 Å². The fourth-order valence-corrected chi connectivity index (χ4v) is 13.9. The molecular weight excluding hydrogens is 1260 g/mol. The molecule has 3 heterocycles. The van der Waals surface area contributed by atoms with E-state index in [1.165, 1.54) is 244 Å². The molecule has 0 aromatic heterocycles. The van der Waals surface area contributed by atoms with Crippen LogP contribution in [0.25, 0.3) is 0 Å². The number of nitrogens with one attached hydrogen (secondary N) is 1. The zero-order chi connectivity index (χ0) is 71.8. The summed E-state index contributed by atoms with van der Waals surface area (Å²) < 4.78 is 34.5. The molecule has 3 rings (SSSR count). The SMILES string of the molecule is CCCCCCC/C=C\C/C=C\C/C=C\CCCCCCCCCCCCCCCCCCCCCCCCCCCCC(=O)NC(COC1OC(CO)C(OC2OC(CO)C(OC3OC(CO)C(O)C(O)C3O)C(O)C2O)C(O)C1O)C(O)CCCCCCCCCCCCCCC. The van der Waals surface area contributed by atoms with Crippen molar-refractivity contribution < 1.29 is 89.4 Å². The van der Waals surface area contributed by atoms with Crippen molar-refractivity contribution in [3.8, 4) is 0 Å². The van der Waals surface area contributed by atoms with E-state index < -0.39 is 124 Å². The number of aliphatic hydroxyl groups excluding tert-OH is 11. The molecule has 0 bridgehead atoms. The minimum atomic E-state index is -1.97. The first-order valence-electron chi connectivity index (χ1n) is 40.7. The van der Waals surface area contributed by atoms with Crippen LogP contribution in [0.5, 0.6) is 0 Å². The van der Waals surface area contributed by atoms with Gasteiger partial charge in [0.2, 0.25) is 5.91 Å². The van der Waals surface area contributed by atoms with Crippen molar-refractivity contribution in [3.63, 3.8) is 0 Å². The Morgan fingerprint density at radius 1 is 0.364 bits per heavy atom. The molecule has 17 atom stereocenters. The van der Waals surface area contributed by atoms with E-state index in [0.717, 1.165) is 57.8 Å². The molecule has 1 amide bonds. The van der Waals surface area contributed by atoms with Crippen molar-refractivity contribution in [2.24, 2.45) is 0 Å². The Morgan fingerprint density at radius 2 is 0.667 bits per heavy atom. The Bertz CT molecular complexity index is 1930. The molecule has 3 aliphatic rings. The number of unbranched alkanes of at least 4 members (excludes halogenated alkanes) is 43. The standard InChI is InChI=1S/C80H149NO18/c1-3-5-7-9-11-13-15-17-18-19-20-21-22-23-24-25-26-27-28-29-30-31-32-33-34-35-36-37-38-39-40-41-42-43-44-46-48-50-52-54-56-58-68(86)81-63(64(85)57-55-53-51-49-47-45-16-14-12-10-8-6-4-2)62-94-78-74(92)71(89)76(66(60-83)96-78)99-80-75(93)72(90)77(67(61-84)97-80)98-79-73(91)70(88)69(87)65(59-82)95-79/h15,17,19-20,22-23,63-67,69-80,82-85,87-93H,3-14,16,18,21,24-62H2,1-2H3,(H,81,86)/b17-15-,20-19-,23-22-. The number of hydrogen-bond acceptors (Lipinski definition) is 18. The van der Waals surface area contributed by atoms with E-state index in [1.54, 1.807) is 0 Å². The highest BCUT2D eigenvalue weighted by Gasteiger charge is 2.54. The maximum Gasteiger partial charge on any atom is 0.220 e. The maximum atomic E-state index is 13.5. The third-order valence-corrected chi connectivity index (χ3v) is 20.5. The second-order valence-electron chi connectivity index (χ2n) is 29.2. The van der Waals surface area contributed by atoms with Gasteiger partial charge in [0.25, 0.3) is 0 Å². The van der Waals surface area contributed by atoms with Gasteiger partial charge in [-0.3, -0.25) is 4.79 Å². The van der Waals surface area contributed by atoms with E-state index >= 15 is 0 Å². The summed E-state index contributed by atoms with van der Waals surface area (Å²) in [6, 6.07) is -0.884. The van der Waals surface area contributed by atoms with Gasteiger partial charge in [-0.25, -0.2) is 0 Å². The Hall–Kier alpha value is -1.99. The van der Waals surface area contributed by atoms with Crippen molar-refractivity contribution in [1.29, 1.82) is 0 Å². The predicted molar refractivity (Wildman–Crippen MR) is 393 cm³/mol. The molecule has 17 unspecified atom stereocenters. The monoisotopic (exact) mass is 1410 g/mol. The molecule has 99 heavy (non-hydrogen) atoms. The van der Waals surface area contributed by atoms with Gasteiger partial charge in [-0.15, -0.1) is 0 Å². The molecule has 0 spiro atoms. The smallest absolute Gasteiger partial charge is 0.220 e. The minimum absolute atomic E-state index is 0.237. The number of rotatable bonds is 65. The minimum Gasteiger partial charge on any atom is -0.394 e. The molecule has 0 aromatic carbocycles. The topological polar surface area (TPSA) is 307 Å². The lowest BCUT2D eigenvalue weighted by Crippen LogP contribution is -2.66. The van der Waals surface area contributed by atoms with Crippen LogP contribution in [0, 0.1) is 0 Å². The van der Waals surface area contributed by atoms with E-state index in [-0.39, 0.29) is 18.9 Å². The van der Waals surface area contributed by atoms with Gasteiger partial charge in [0.1, 0.15) is 73.2 Å². The maximum absolute atomic E-state index is 13.5. The van der Waals surface area contributed by atoms with Crippen LogP contribution < -0.4 is 5.32 Å². The summed E-state index contributed by atoms with van der Waals surface area (Å²) >= 11 is 0. The van der Waals surface area contributed by atoms with Gasteiger partial charge >= 0.3 is 0 Å². The second kappa shape index (κ2) is 61.2. The predicted octanol–water partition coefficient (Wildman–Crippen LogP) is 13.5. The number of ether oxygens (including phenoxy) is 6. The molecule has 3 aliphatic heterocycles. The Labute approximate surface area is 600 Å². The number of amides is 1. The van der Waals surface area contributed by atoms with Crippen molar-refractivity contribution in [1.82, 2.24) is 5.32 Å². The largest absolute Gasteiger partial charge is 0.394 e. The van der Waals surface area contributed by atoms with E-state index in [9.17, 15) is 61.0 Å². The lowest BCUT2D eigenvalue weighted by molar-refractivity contribution is -0.379. The molecule has 3 saturated heterocycles. The first kappa shape index (κ1) is 91.2. The van der Waals surface area contributed by atoms with Crippen LogP contribution in [-0.4, -0.2) is 193 Å². The lowest BCUT2D eigenvalue weighted by atomic mass is 9.96. The van der Waals surface area contributed by atoms with Gasteiger partial charge in [0.05, 0.1) is 38.6 Å². The van der Waals surface area contributed by atoms with Crippen molar-refractivity contribution in [2.75, 3.05) is 26.4 Å². The molecule has 0 aliphatic carbocycles. The van der Waals surface area contributed by atoms with E-state index in [4.69, 9.17) is 28.4 Å². The third-order valence-electron chi connectivity index (χ3n) is 20.5. The van der Waals surface area contributed by atoms with E-state index in [2.05, 4.69) is 55.6 Å². The highest BCUT2D eigenvalue weighted by atomic mass is 16.8. The number of allylic oxidation sites excluding steroid dienone is 6. The molecule has 12 N–H and O–H groups in total. The molecule has 0 radical (unpaired) electrons. The molecule has 582 valence electrons. The van der Waals surface area contributed by atoms with Crippen LogP contribution in [-0.2, 0) is 33.2 Å². The Morgan fingerprint density at radius 3 is 1.04 bits per heavy atom. The van der Waals surface area contributed by atoms with E-state index in [0.29, 0.717) is 12.8 Å². The summed E-state index contributed by atoms with van der Waals surface area (Å²) in [6.07, 6.45) is 48.5. The summed E-state index contributed by atoms with van der Waals surface area (Å²) in [5.41, 5.74) is 0. The van der Waals surface area contributed by atoms with Crippen LogP contribution >= 0.6 is 0 Å². The molecule has 0 aromatic rings. The van der Waals surface area contributed by atoms with Crippen LogP contribution in [0.2, 0.25) is 0 Å². The molecular formula is C80H149NO18. The van der Waals surface area contributed by atoms with Gasteiger partial charge in [0.15, 0.2) is 18.9 Å². The Kier molecular flexibility index (Phi) is 56.4. The lowest BCUT2D eigenvalue weighted by Gasteiger charge is -2.48. The summed E-state index contributed by atoms with van der Waals surface area (Å²) in [7, 11) is 0. The van der Waals surface area contributed by atoms with E-state index in [1.807, 2.05) is 0 Å². The highest BCUT2D eigenvalue weighted by molar-refractivity contribution is 5.76. The number of aliphatic hydroxyl groups is 11. The van der Waals surface area contributed by atoms with Crippen molar-refractivity contribution in [3.05, 3.63) is 36.5 Å². The zero-order valence-electron chi connectivity index (χ0n) is 62.2. The summed E-state index contributed by atoms with van der Waals surface area (Å²) in [6.45, 7) is 1.81. The summed E-state index contributed by atoms with van der Waals surface area (Å²) in [5, 5.41) is 121. The zero-order valence-corrected chi connectivity index (χ0v) is 62.2. The van der Waals surface area contributed by atoms with Crippen LogP contribution in [0.4, 0.5) is 0 Å². The summed E-state index contributed by atoms with van der Waals surface area (Å²) in [5.74, 6) is -0.237. The number of carbonyl (C=O) groups is 1. The van der Waals surface area contributed by atoms with Gasteiger partial charge in [-0.2, -0.15) is 0 Å². The average molecular weight is 1410 g/mol. The van der Waals surface area contributed by atoms with Crippen LogP contribution in [0.15, 0.2) is 36.5 Å². The third kappa shape index (κ3) is 41.5. The fourth-order valence-electron chi connectivity index (χ4n) is 13.9.